The number of carbonyl (C=O) groups is 2. The van der Waals surface area contributed by atoms with E-state index in [0.29, 0.717) is 0 Å². The topological polar surface area (TPSA) is 111 Å². The maximum atomic E-state index is 12.0. The van der Waals surface area contributed by atoms with Crippen LogP contribution >= 0.6 is 0 Å². The van der Waals surface area contributed by atoms with Crippen molar-refractivity contribution >= 4 is 11.9 Å². The molecule has 142 valence electrons. The van der Waals surface area contributed by atoms with E-state index in [1.54, 1.807) is 0 Å². The molecule has 0 rings (SSSR count). The van der Waals surface area contributed by atoms with E-state index < -0.39 is 30.4 Å². The molecule has 0 aliphatic heterocycles. The molecule has 0 radical (unpaired) electrons. The van der Waals surface area contributed by atoms with E-state index >= 15 is 0 Å². The highest BCUT2D eigenvalue weighted by molar-refractivity contribution is 5.86. The lowest BCUT2D eigenvalue weighted by Crippen LogP contribution is -2.51. The van der Waals surface area contributed by atoms with Crippen LogP contribution in [-0.4, -0.2) is 55.5 Å². The second kappa shape index (κ2) is 9.34. The van der Waals surface area contributed by atoms with Gasteiger partial charge < -0.3 is 25.6 Å². The first-order valence-corrected chi connectivity index (χ1v) is 8.17. The molecule has 2 atom stereocenters. The molecule has 1 amide bonds. The first-order valence-electron chi connectivity index (χ1n) is 8.17. The minimum absolute atomic E-state index is 0.0334. The minimum Gasteiger partial charge on any atom is -0.481 e. The summed E-state index contributed by atoms with van der Waals surface area (Å²) in [6.07, 6.45) is -0.451. The molecule has 0 aromatic carbocycles. The number of hydrogen-bond donors (Lipinski definition) is 3. The molecule has 1 unspecified atom stereocenters. The van der Waals surface area contributed by atoms with Gasteiger partial charge in [0.25, 0.3) is 0 Å². The van der Waals surface area contributed by atoms with Crippen LogP contribution in [0.25, 0.3) is 0 Å². The summed E-state index contributed by atoms with van der Waals surface area (Å²) in [7, 11) is 1.53. The maximum absolute atomic E-state index is 12.0. The Kier molecular flexibility index (Phi) is 8.88. The van der Waals surface area contributed by atoms with Crippen LogP contribution in [-0.2, 0) is 19.1 Å². The summed E-state index contributed by atoms with van der Waals surface area (Å²) >= 11 is 0. The molecule has 0 aliphatic rings. The van der Waals surface area contributed by atoms with Gasteiger partial charge in [0.15, 0.2) is 0 Å². The number of carbonyl (C=O) groups excluding carboxylic acids is 1. The highest BCUT2D eigenvalue weighted by atomic mass is 16.5. The van der Waals surface area contributed by atoms with Crippen molar-refractivity contribution in [2.75, 3.05) is 20.3 Å². The van der Waals surface area contributed by atoms with E-state index in [9.17, 15) is 9.59 Å². The molecular formula is C17H34N2O5. The Hall–Kier alpha value is -1.18. The molecule has 0 bridgehead atoms. The zero-order valence-electron chi connectivity index (χ0n) is 16.0. The molecule has 7 nitrogen and oxygen atoms in total. The van der Waals surface area contributed by atoms with Gasteiger partial charge in [0, 0.05) is 7.11 Å². The quantitative estimate of drug-likeness (QED) is 0.582. The van der Waals surface area contributed by atoms with Crippen LogP contribution in [0.3, 0.4) is 0 Å². The van der Waals surface area contributed by atoms with Crippen LogP contribution in [0.1, 0.15) is 48.0 Å². The fourth-order valence-electron chi connectivity index (χ4n) is 2.93. The largest absolute Gasteiger partial charge is 0.481 e. The summed E-state index contributed by atoms with van der Waals surface area (Å²) in [4.78, 5) is 22.6. The summed E-state index contributed by atoms with van der Waals surface area (Å²) in [6.45, 7) is 13.2. The number of ether oxygens (including phenoxy) is 2. The predicted molar refractivity (Wildman–Crippen MR) is 92.7 cm³/mol. The van der Waals surface area contributed by atoms with Crippen molar-refractivity contribution in [3.8, 4) is 0 Å². The number of carboxylic acid groups (broad SMARTS) is 1. The van der Waals surface area contributed by atoms with Gasteiger partial charge in [-0.1, -0.05) is 41.5 Å². The van der Waals surface area contributed by atoms with Crippen LogP contribution in [0.15, 0.2) is 0 Å². The highest BCUT2D eigenvalue weighted by Crippen LogP contribution is 2.36. The van der Waals surface area contributed by atoms with E-state index in [1.165, 1.54) is 7.11 Å². The van der Waals surface area contributed by atoms with Crippen molar-refractivity contribution in [3.63, 3.8) is 0 Å². The van der Waals surface area contributed by atoms with Gasteiger partial charge in [0.05, 0.1) is 37.8 Å². The predicted octanol–water partition coefficient (Wildman–Crippen LogP) is 1.40. The maximum Gasteiger partial charge on any atom is 0.305 e. The van der Waals surface area contributed by atoms with E-state index in [0.717, 1.165) is 0 Å². The SMILES string of the molecule is COCC(COC(C(C)(C)C)C(C)(C)C)NC(=O)[C@@H](N)CC(=O)O. The lowest BCUT2D eigenvalue weighted by atomic mass is 9.74. The number of hydrogen-bond acceptors (Lipinski definition) is 5. The molecule has 0 aromatic rings. The van der Waals surface area contributed by atoms with Crippen molar-refractivity contribution < 1.29 is 24.2 Å². The molecule has 4 N–H and O–H groups in total. The number of rotatable bonds is 9. The van der Waals surface area contributed by atoms with Crippen molar-refractivity contribution in [2.45, 2.75) is 66.2 Å². The molecule has 24 heavy (non-hydrogen) atoms. The Labute approximate surface area is 145 Å². The van der Waals surface area contributed by atoms with Gasteiger partial charge in [-0.05, 0) is 10.8 Å². The normalized spacial score (nSPS) is 15.2. The first kappa shape index (κ1) is 22.8. The zero-order valence-corrected chi connectivity index (χ0v) is 16.0. The van der Waals surface area contributed by atoms with Crippen LogP contribution in [0.5, 0.6) is 0 Å². The molecule has 7 heteroatoms. The Bertz CT molecular complexity index is 398. The molecule has 0 saturated heterocycles. The third-order valence-electron chi connectivity index (χ3n) is 3.48. The number of nitrogens with one attached hydrogen (secondary N) is 1. The van der Waals surface area contributed by atoms with Crippen molar-refractivity contribution in [1.29, 1.82) is 0 Å². The average molecular weight is 346 g/mol. The van der Waals surface area contributed by atoms with Crippen molar-refractivity contribution in [2.24, 2.45) is 16.6 Å². The Balaban J connectivity index is 4.84. The fourth-order valence-corrected chi connectivity index (χ4v) is 2.93. The van der Waals surface area contributed by atoms with E-state index in [2.05, 4.69) is 46.9 Å². The van der Waals surface area contributed by atoms with Gasteiger partial charge >= 0.3 is 5.97 Å². The monoisotopic (exact) mass is 346 g/mol. The van der Waals surface area contributed by atoms with Crippen LogP contribution < -0.4 is 11.1 Å². The van der Waals surface area contributed by atoms with E-state index in [4.69, 9.17) is 20.3 Å². The molecule has 0 spiro atoms. The number of amides is 1. The standard InChI is InChI=1S/C17H34N2O5/c1-16(2,3)15(17(4,5)6)24-10-11(9-23-7)19-14(22)12(18)8-13(20)21/h11-12,15H,8-10,18H2,1-7H3,(H,19,22)(H,20,21)/t11?,12-/m0/s1. The Morgan fingerprint density at radius 3 is 1.96 bits per heavy atom. The van der Waals surface area contributed by atoms with E-state index in [-0.39, 0.29) is 30.1 Å². The minimum atomic E-state index is -1.11. The van der Waals surface area contributed by atoms with Crippen LogP contribution in [0, 0.1) is 10.8 Å². The highest BCUT2D eigenvalue weighted by Gasteiger charge is 2.36. The van der Waals surface area contributed by atoms with Gasteiger partial charge in [0.2, 0.25) is 5.91 Å². The van der Waals surface area contributed by atoms with Crippen LogP contribution in [0.4, 0.5) is 0 Å². The molecule has 0 aliphatic carbocycles. The number of aliphatic carboxylic acids is 1. The second-order valence-corrected chi connectivity index (χ2v) is 8.31. The van der Waals surface area contributed by atoms with Crippen molar-refractivity contribution in [3.05, 3.63) is 0 Å². The molecular weight excluding hydrogens is 312 g/mol. The summed E-state index contributed by atoms with van der Waals surface area (Å²) in [6, 6.07) is -1.49. The summed E-state index contributed by atoms with van der Waals surface area (Å²) in [5.74, 6) is -1.64. The zero-order chi connectivity index (χ0) is 19.1. The fraction of sp³-hybridized carbons (Fsp3) is 0.882. The van der Waals surface area contributed by atoms with Gasteiger partial charge in [-0.2, -0.15) is 0 Å². The third kappa shape index (κ3) is 8.61. The summed E-state index contributed by atoms with van der Waals surface area (Å²) < 4.78 is 11.2. The molecule has 0 heterocycles. The second-order valence-electron chi connectivity index (χ2n) is 8.31. The van der Waals surface area contributed by atoms with Gasteiger partial charge in [-0.3, -0.25) is 9.59 Å². The average Bonchev–Trinajstić information content (AvgIpc) is 2.34. The summed E-state index contributed by atoms with van der Waals surface area (Å²) in [5, 5.41) is 11.4. The van der Waals surface area contributed by atoms with Gasteiger partial charge in [-0.25, -0.2) is 0 Å². The Morgan fingerprint density at radius 1 is 1.08 bits per heavy atom. The lowest BCUT2D eigenvalue weighted by Gasteiger charge is -2.41. The summed E-state index contributed by atoms with van der Waals surface area (Å²) in [5.41, 5.74) is 5.44. The van der Waals surface area contributed by atoms with Gasteiger partial charge in [0.1, 0.15) is 0 Å². The smallest absolute Gasteiger partial charge is 0.305 e. The lowest BCUT2D eigenvalue weighted by molar-refractivity contribution is -0.140. The third-order valence-corrected chi connectivity index (χ3v) is 3.48. The van der Waals surface area contributed by atoms with Crippen LogP contribution in [0.2, 0.25) is 0 Å². The van der Waals surface area contributed by atoms with Gasteiger partial charge in [-0.15, -0.1) is 0 Å². The number of methoxy groups -OCH3 is 1. The first-order chi connectivity index (χ1) is 10.8. The molecule has 0 saturated carbocycles. The number of nitrogens with two attached hydrogens (primary N) is 1. The molecule has 0 fully saturated rings. The Morgan fingerprint density at radius 2 is 1.58 bits per heavy atom. The molecule has 0 aromatic heterocycles. The number of carboxylic acids is 1. The van der Waals surface area contributed by atoms with Crippen molar-refractivity contribution in [1.82, 2.24) is 5.32 Å². The van der Waals surface area contributed by atoms with E-state index in [1.807, 2.05) is 0 Å².